The fraction of sp³-hybridized carbons (Fsp3) is 0.286. The molecule has 9 heteroatoms. The molecule has 2 heterocycles. The molecule has 1 unspecified atom stereocenters. The molecule has 0 aliphatic heterocycles. The van der Waals surface area contributed by atoms with Crippen LogP contribution >= 0.6 is 11.3 Å². The van der Waals surface area contributed by atoms with Crippen LogP contribution < -0.4 is 0 Å². The van der Waals surface area contributed by atoms with Gasteiger partial charge in [0, 0.05) is 11.8 Å². The van der Waals surface area contributed by atoms with Crippen molar-refractivity contribution in [1.82, 2.24) is 9.97 Å². The number of rotatable bonds is 4. The fourth-order valence-corrected chi connectivity index (χ4v) is 2.85. The quantitative estimate of drug-likeness (QED) is 0.657. The van der Waals surface area contributed by atoms with E-state index in [9.17, 15) is 27.1 Å². The average Bonchev–Trinajstić information content (AvgIpc) is 2.87. The highest BCUT2D eigenvalue weighted by atomic mass is 32.1. The zero-order valence-electron chi connectivity index (χ0n) is 11.7. The zero-order chi connectivity index (χ0) is 17.4. The highest BCUT2D eigenvalue weighted by Crippen LogP contribution is 2.39. The summed E-state index contributed by atoms with van der Waals surface area (Å²) in [7, 11) is 0. The first kappa shape index (κ1) is 17.5. The minimum Gasteiger partial charge on any atom is -0.381 e. The topological polar surface area (TPSA) is 46.0 Å². The van der Waals surface area contributed by atoms with Crippen molar-refractivity contribution < 1.29 is 27.1 Å². The summed E-state index contributed by atoms with van der Waals surface area (Å²) >= 11 is 0.766. The second kappa shape index (κ2) is 5.97. The maximum Gasteiger partial charge on any atom is 0.433 e. The van der Waals surface area contributed by atoms with E-state index in [1.54, 1.807) is 0 Å². The van der Waals surface area contributed by atoms with Gasteiger partial charge in [-0.1, -0.05) is 6.58 Å². The summed E-state index contributed by atoms with van der Waals surface area (Å²) in [5.41, 5.74) is -0.654. The number of hydrogen-bond donors (Lipinski definition) is 1. The van der Waals surface area contributed by atoms with Gasteiger partial charge in [-0.2, -0.15) is 22.0 Å². The summed E-state index contributed by atoms with van der Waals surface area (Å²) in [6, 6.07) is 1.93. The van der Waals surface area contributed by atoms with Gasteiger partial charge in [-0.3, -0.25) is 4.98 Å². The Bertz CT molecular complexity index is 709. The Kier molecular flexibility index (Phi) is 4.54. The van der Waals surface area contributed by atoms with Crippen molar-refractivity contribution >= 4 is 11.3 Å². The predicted octanol–water partition coefficient (Wildman–Crippen LogP) is 4.39. The molecule has 0 aliphatic rings. The smallest absolute Gasteiger partial charge is 0.381 e. The molecule has 0 spiro atoms. The summed E-state index contributed by atoms with van der Waals surface area (Å²) in [5, 5.41) is 9.92. The van der Waals surface area contributed by atoms with Crippen LogP contribution in [0, 0.1) is 6.92 Å². The summed E-state index contributed by atoms with van der Waals surface area (Å²) in [6.07, 6.45) is -5.39. The summed E-state index contributed by atoms with van der Waals surface area (Å²) in [6.45, 7) is 4.39. The normalized spacial score (nSPS) is 13.9. The molecule has 0 fully saturated rings. The monoisotopic (exact) mass is 350 g/mol. The Morgan fingerprint density at radius 2 is 1.91 bits per heavy atom. The van der Waals surface area contributed by atoms with Crippen LogP contribution in [-0.4, -0.2) is 21.0 Å². The number of aliphatic hydroxyl groups excluding tert-OH is 1. The average molecular weight is 350 g/mol. The van der Waals surface area contributed by atoms with E-state index in [-0.39, 0.29) is 21.1 Å². The van der Waals surface area contributed by atoms with Gasteiger partial charge < -0.3 is 5.11 Å². The van der Waals surface area contributed by atoms with E-state index in [4.69, 9.17) is 0 Å². The van der Waals surface area contributed by atoms with Crippen LogP contribution in [0.15, 0.2) is 31.0 Å². The Morgan fingerprint density at radius 1 is 1.26 bits per heavy atom. The molecule has 1 N–H and O–H groups in total. The molecule has 1 atom stereocenters. The number of aliphatic hydroxyl groups is 1. The Labute approximate surface area is 132 Å². The molecular formula is C14H11F5N2OS. The van der Waals surface area contributed by atoms with Gasteiger partial charge in [-0.25, -0.2) is 4.98 Å². The van der Waals surface area contributed by atoms with Crippen molar-refractivity contribution in [3.05, 3.63) is 47.2 Å². The fourth-order valence-electron chi connectivity index (χ4n) is 1.76. The van der Waals surface area contributed by atoms with Gasteiger partial charge in [-0.05, 0) is 25.1 Å². The number of hydrogen-bond acceptors (Lipinski definition) is 4. The summed E-state index contributed by atoms with van der Waals surface area (Å²) < 4.78 is 64.4. The third-order valence-corrected chi connectivity index (χ3v) is 4.28. The molecule has 2 aromatic rings. The Balaban J connectivity index is 2.36. The first-order chi connectivity index (χ1) is 10.6. The molecule has 124 valence electrons. The van der Waals surface area contributed by atoms with Crippen LogP contribution in [0.25, 0.3) is 10.6 Å². The van der Waals surface area contributed by atoms with Crippen LogP contribution in [0.2, 0.25) is 0 Å². The first-order valence-electron chi connectivity index (χ1n) is 6.26. The maximum absolute atomic E-state index is 13.5. The number of thiazole rings is 1. The van der Waals surface area contributed by atoms with Crippen LogP contribution in [0.5, 0.6) is 0 Å². The molecule has 0 saturated carbocycles. The lowest BCUT2D eigenvalue weighted by atomic mass is 10.1. The SMILES string of the molecule is C=CC(F)(F)C(O)c1sc(-c2ccc(C(F)(F)F)nc2)nc1C. The summed E-state index contributed by atoms with van der Waals surface area (Å²) in [4.78, 5) is 7.22. The first-order valence-corrected chi connectivity index (χ1v) is 7.08. The van der Waals surface area contributed by atoms with E-state index in [0.717, 1.165) is 29.7 Å². The number of alkyl halides is 5. The van der Waals surface area contributed by atoms with Crippen molar-refractivity contribution in [2.24, 2.45) is 0 Å². The van der Waals surface area contributed by atoms with Crippen LogP contribution in [-0.2, 0) is 6.18 Å². The highest BCUT2D eigenvalue weighted by Gasteiger charge is 2.38. The van der Waals surface area contributed by atoms with Crippen molar-refractivity contribution in [2.45, 2.75) is 25.1 Å². The number of aryl methyl sites for hydroxylation is 1. The van der Waals surface area contributed by atoms with Crippen LogP contribution in [0.3, 0.4) is 0 Å². The highest BCUT2D eigenvalue weighted by molar-refractivity contribution is 7.15. The second-order valence-corrected chi connectivity index (χ2v) is 5.71. The lowest BCUT2D eigenvalue weighted by Crippen LogP contribution is -2.22. The predicted molar refractivity (Wildman–Crippen MR) is 75.2 cm³/mol. The lowest BCUT2D eigenvalue weighted by Gasteiger charge is -2.17. The van der Waals surface area contributed by atoms with E-state index in [1.165, 1.54) is 6.92 Å². The van der Waals surface area contributed by atoms with Crippen molar-refractivity contribution in [3.63, 3.8) is 0 Å². The van der Waals surface area contributed by atoms with Gasteiger partial charge in [0.25, 0.3) is 5.92 Å². The minimum absolute atomic E-state index is 0.0789. The zero-order valence-corrected chi connectivity index (χ0v) is 12.6. The van der Waals surface area contributed by atoms with Gasteiger partial charge in [0.05, 0.1) is 10.6 Å². The van der Waals surface area contributed by atoms with E-state index in [0.29, 0.717) is 6.08 Å². The number of nitrogens with zero attached hydrogens (tertiary/aromatic N) is 2. The van der Waals surface area contributed by atoms with Crippen molar-refractivity contribution in [1.29, 1.82) is 0 Å². The molecule has 0 amide bonds. The number of aromatic nitrogens is 2. The molecule has 2 aromatic heterocycles. The third kappa shape index (κ3) is 3.56. The minimum atomic E-state index is -4.56. The van der Waals surface area contributed by atoms with E-state index < -0.39 is 23.9 Å². The van der Waals surface area contributed by atoms with Crippen molar-refractivity contribution in [2.75, 3.05) is 0 Å². The molecule has 23 heavy (non-hydrogen) atoms. The standard InChI is InChI=1S/C14H11F5N2OS/c1-3-13(15,16)11(22)10-7(2)21-12(23-10)8-4-5-9(20-6-8)14(17,18)19/h3-6,11,22H,1H2,2H3. The molecule has 2 rings (SSSR count). The molecule has 0 aromatic carbocycles. The maximum atomic E-state index is 13.5. The lowest BCUT2D eigenvalue weighted by molar-refractivity contribution is -0.141. The Morgan fingerprint density at radius 3 is 2.39 bits per heavy atom. The number of pyridine rings is 1. The van der Waals surface area contributed by atoms with Crippen LogP contribution in [0.1, 0.15) is 22.4 Å². The van der Waals surface area contributed by atoms with E-state index in [1.807, 2.05) is 0 Å². The molecule has 0 saturated heterocycles. The van der Waals surface area contributed by atoms with Gasteiger partial charge in [0.2, 0.25) is 0 Å². The Hall–Kier alpha value is -1.87. The van der Waals surface area contributed by atoms with E-state index in [2.05, 4.69) is 16.5 Å². The molecular weight excluding hydrogens is 339 g/mol. The van der Waals surface area contributed by atoms with E-state index >= 15 is 0 Å². The van der Waals surface area contributed by atoms with Gasteiger partial charge in [-0.15, -0.1) is 11.3 Å². The third-order valence-electron chi connectivity index (χ3n) is 3.02. The summed E-state index contributed by atoms with van der Waals surface area (Å²) in [5.74, 6) is -3.53. The molecule has 0 radical (unpaired) electrons. The van der Waals surface area contributed by atoms with Gasteiger partial charge in [0.1, 0.15) is 10.7 Å². The molecule has 0 bridgehead atoms. The molecule has 0 aliphatic carbocycles. The van der Waals surface area contributed by atoms with Crippen LogP contribution in [0.4, 0.5) is 22.0 Å². The largest absolute Gasteiger partial charge is 0.433 e. The van der Waals surface area contributed by atoms with Gasteiger partial charge >= 0.3 is 6.18 Å². The van der Waals surface area contributed by atoms with Crippen molar-refractivity contribution in [3.8, 4) is 10.6 Å². The van der Waals surface area contributed by atoms with Gasteiger partial charge in [0.15, 0.2) is 6.10 Å². The number of halogens is 5. The molecule has 3 nitrogen and oxygen atoms in total. The second-order valence-electron chi connectivity index (χ2n) is 4.68.